The molecule has 0 amide bonds. The molecule has 23 heavy (non-hydrogen) atoms. The molecule has 1 saturated carbocycles. The van der Waals surface area contributed by atoms with Crippen LogP contribution in [0.15, 0.2) is 36.5 Å². The third-order valence-corrected chi connectivity index (χ3v) is 6.40. The number of fused-ring (bicyclic) bond motifs is 1. The lowest BCUT2D eigenvalue weighted by Crippen LogP contribution is -2.36. The summed E-state index contributed by atoms with van der Waals surface area (Å²) in [6.45, 7) is 2.59. The Bertz CT molecular complexity index is 875. The molecule has 120 valence electrons. The van der Waals surface area contributed by atoms with Gasteiger partial charge in [-0.15, -0.1) is 0 Å². The van der Waals surface area contributed by atoms with E-state index >= 15 is 0 Å². The van der Waals surface area contributed by atoms with E-state index in [-0.39, 0.29) is 0 Å². The van der Waals surface area contributed by atoms with Crippen molar-refractivity contribution in [3.63, 3.8) is 0 Å². The molecule has 5 nitrogen and oxygen atoms in total. The molecule has 2 heterocycles. The molecule has 4 rings (SSSR count). The second kappa shape index (κ2) is 4.96. The summed E-state index contributed by atoms with van der Waals surface area (Å²) >= 11 is 0. The molecular formula is C17H19N3O2S. The van der Waals surface area contributed by atoms with Crippen LogP contribution < -0.4 is 8.61 Å². The highest BCUT2D eigenvalue weighted by Crippen LogP contribution is 2.44. The van der Waals surface area contributed by atoms with E-state index in [1.807, 2.05) is 37.3 Å². The molecule has 0 unspecified atom stereocenters. The van der Waals surface area contributed by atoms with Crippen LogP contribution in [-0.2, 0) is 10.2 Å². The number of anilines is 2. The van der Waals surface area contributed by atoms with Gasteiger partial charge in [-0.1, -0.05) is 12.1 Å². The smallest absolute Gasteiger partial charge is 0.256 e. The lowest BCUT2D eigenvalue weighted by Gasteiger charge is -2.18. The van der Waals surface area contributed by atoms with Crippen LogP contribution in [0.5, 0.6) is 0 Å². The van der Waals surface area contributed by atoms with Crippen LogP contribution in [0, 0.1) is 12.8 Å². The fourth-order valence-corrected chi connectivity index (χ4v) is 4.54. The van der Waals surface area contributed by atoms with Gasteiger partial charge in [-0.3, -0.25) is 13.6 Å². The maximum atomic E-state index is 12.7. The Morgan fingerprint density at radius 1 is 1.22 bits per heavy atom. The number of rotatable bonds is 3. The highest BCUT2D eigenvalue weighted by atomic mass is 32.2. The number of aromatic nitrogens is 1. The molecular weight excluding hydrogens is 310 g/mol. The second-order valence-corrected chi connectivity index (χ2v) is 8.21. The highest BCUT2D eigenvalue weighted by Gasteiger charge is 2.40. The average molecular weight is 329 g/mol. The Balaban J connectivity index is 1.81. The van der Waals surface area contributed by atoms with Crippen LogP contribution >= 0.6 is 0 Å². The molecule has 0 radical (unpaired) electrons. The SMILES string of the molecule is Cc1cccnc1-c1ccc2c(c1)N(C)S(=O)(=O)N2CC1CC1. The van der Waals surface area contributed by atoms with Crippen molar-refractivity contribution in [2.24, 2.45) is 5.92 Å². The molecule has 1 aromatic heterocycles. The Morgan fingerprint density at radius 2 is 2.00 bits per heavy atom. The summed E-state index contributed by atoms with van der Waals surface area (Å²) in [5, 5.41) is 0. The first-order valence-corrected chi connectivity index (χ1v) is 9.21. The number of pyridine rings is 1. The van der Waals surface area contributed by atoms with Crippen LogP contribution in [0.25, 0.3) is 11.3 Å². The number of nitrogens with zero attached hydrogens (tertiary/aromatic N) is 3. The molecule has 0 spiro atoms. The zero-order chi connectivity index (χ0) is 16.2. The van der Waals surface area contributed by atoms with Crippen molar-refractivity contribution in [2.45, 2.75) is 19.8 Å². The molecule has 2 aliphatic rings. The maximum Gasteiger partial charge on any atom is 0.326 e. The van der Waals surface area contributed by atoms with Gasteiger partial charge >= 0.3 is 10.2 Å². The average Bonchev–Trinajstić information content (AvgIpc) is 3.33. The Kier molecular flexibility index (Phi) is 3.13. The van der Waals surface area contributed by atoms with Gasteiger partial charge in [-0.2, -0.15) is 8.42 Å². The molecule has 0 bridgehead atoms. The van der Waals surface area contributed by atoms with Crippen molar-refractivity contribution >= 4 is 21.6 Å². The monoisotopic (exact) mass is 329 g/mol. The van der Waals surface area contributed by atoms with E-state index in [1.165, 1.54) is 4.31 Å². The fourth-order valence-electron chi connectivity index (χ4n) is 3.05. The third-order valence-electron chi connectivity index (χ3n) is 4.61. The maximum absolute atomic E-state index is 12.7. The summed E-state index contributed by atoms with van der Waals surface area (Å²) in [4.78, 5) is 4.43. The number of hydrogen-bond donors (Lipinski definition) is 0. The highest BCUT2D eigenvalue weighted by molar-refractivity contribution is 7.94. The van der Waals surface area contributed by atoms with E-state index in [2.05, 4.69) is 4.98 Å². The Labute approximate surface area is 136 Å². The molecule has 2 aromatic rings. The van der Waals surface area contributed by atoms with Gasteiger partial charge in [-0.25, -0.2) is 0 Å². The summed E-state index contributed by atoms with van der Waals surface area (Å²) < 4.78 is 28.3. The fraction of sp³-hybridized carbons (Fsp3) is 0.353. The van der Waals surface area contributed by atoms with Gasteiger partial charge in [-0.05, 0) is 49.4 Å². The first-order chi connectivity index (χ1) is 11.0. The molecule has 6 heteroatoms. The summed E-state index contributed by atoms with van der Waals surface area (Å²) in [6.07, 6.45) is 4.00. The molecule has 1 aliphatic carbocycles. The van der Waals surface area contributed by atoms with Crippen molar-refractivity contribution in [3.8, 4) is 11.3 Å². The minimum Gasteiger partial charge on any atom is -0.256 e. The number of aryl methyl sites for hydroxylation is 1. The Hall–Kier alpha value is -2.08. The zero-order valence-corrected chi connectivity index (χ0v) is 14.0. The van der Waals surface area contributed by atoms with Crippen LogP contribution in [0.2, 0.25) is 0 Å². The van der Waals surface area contributed by atoms with Gasteiger partial charge in [0.2, 0.25) is 0 Å². The zero-order valence-electron chi connectivity index (χ0n) is 13.2. The first kappa shape index (κ1) is 14.5. The van der Waals surface area contributed by atoms with E-state index in [0.29, 0.717) is 12.5 Å². The topological polar surface area (TPSA) is 53.5 Å². The number of hydrogen-bond acceptors (Lipinski definition) is 3. The third kappa shape index (κ3) is 2.28. The van der Waals surface area contributed by atoms with Gasteiger partial charge in [0.05, 0.1) is 17.1 Å². The summed E-state index contributed by atoms with van der Waals surface area (Å²) in [6, 6.07) is 9.70. The van der Waals surface area contributed by atoms with Crippen molar-refractivity contribution in [1.82, 2.24) is 4.98 Å². The van der Waals surface area contributed by atoms with Gasteiger partial charge in [0, 0.05) is 25.4 Å². The first-order valence-electron chi connectivity index (χ1n) is 7.81. The van der Waals surface area contributed by atoms with Crippen LogP contribution in [-0.4, -0.2) is 27.0 Å². The van der Waals surface area contributed by atoms with Gasteiger partial charge in [0.15, 0.2) is 0 Å². The van der Waals surface area contributed by atoms with Gasteiger partial charge in [0.25, 0.3) is 0 Å². The Morgan fingerprint density at radius 3 is 2.70 bits per heavy atom. The predicted molar refractivity (Wildman–Crippen MR) is 91.8 cm³/mol. The standard InChI is InChI=1S/C17H19N3O2S/c1-12-4-3-9-18-17(12)14-7-8-15-16(10-14)19(2)23(21,22)20(15)11-13-5-6-13/h3-4,7-10,13H,5-6,11H2,1-2H3. The van der Waals surface area contributed by atoms with Crippen molar-refractivity contribution < 1.29 is 8.42 Å². The summed E-state index contributed by atoms with van der Waals surface area (Å²) in [5.74, 6) is 0.502. The van der Waals surface area contributed by atoms with Crippen LogP contribution in [0.4, 0.5) is 11.4 Å². The molecule has 1 aromatic carbocycles. The normalized spacial score (nSPS) is 19.0. The molecule has 0 atom stereocenters. The van der Waals surface area contributed by atoms with Gasteiger partial charge in [0.1, 0.15) is 0 Å². The lowest BCUT2D eigenvalue weighted by molar-refractivity contribution is 0.590. The van der Waals surface area contributed by atoms with Gasteiger partial charge < -0.3 is 0 Å². The minimum atomic E-state index is -3.44. The van der Waals surface area contributed by atoms with E-state index in [4.69, 9.17) is 0 Å². The minimum absolute atomic E-state index is 0.502. The van der Waals surface area contributed by atoms with Crippen molar-refractivity contribution in [1.29, 1.82) is 0 Å². The molecule has 0 N–H and O–H groups in total. The van der Waals surface area contributed by atoms with E-state index in [9.17, 15) is 8.42 Å². The van der Waals surface area contributed by atoms with Crippen molar-refractivity contribution in [3.05, 3.63) is 42.1 Å². The number of benzene rings is 1. The van der Waals surface area contributed by atoms with E-state index in [0.717, 1.165) is 41.0 Å². The van der Waals surface area contributed by atoms with Crippen molar-refractivity contribution in [2.75, 3.05) is 22.2 Å². The summed E-state index contributed by atoms with van der Waals surface area (Å²) in [7, 11) is -1.82. The molecule has 1 aliphatic heterocycles. The predicted octanol–water partition coefficient (Wildman–Crippen LogP) is 2.97. The van der Waals surface area contributed by atoms with Crippen LogP contribution in [0.1, 0.15) is 18.4 Å². The molecule has 0 saturated heterocycles. The second-order valence-electron chi connectivity index (χ2n) is 6.32. The summed E-state index contributed by atoms with van der Waals surface area (Å²) in [5.41, 5.74) is 4.41. The quantitative estimate of drug-likeness (QED) is 0.870. The van der Waals surface area contributed by atoms with Crippen LogP contribution in [0.3, 0.4) is 0 Å². The van der Waals surface area contributed by atoms with E-state index in [1.54, 1.807) is 17.5 Å². The largest absolute Gasteiger partial charge is 0.326 e. The lowest BCUT2D eigenvalue weighted by atomic mass is 10.1. The molecule has 1 fully saturated rings. The van der Waals surface area contributed by atoms with E-state index < -0.39 is 10.2 Å².